The second kappa shape index (κ2) is 6.66. The number of carbonyl (C=O) groups is 1. The zero-order valence-electron chi connectivity index (χ0n) is 10.5. The molecule has 0 aromatic heterocycles. The molecule has 0 fully saturated rings. The van der Waals surface area contributed by atoms with E-state index in [2.05, 4.69) is 10.2 Å². The molecule has 0 heterocycles. The van der Waals surface area contributed by atoms with E-state index in [1.807, 2.05) is 6.07 Å². The third-order valence-corrected chi connectivity index (χ3v) is 2.39. The molecule has 0 bridgehead atoms. The molecule has 1 rings (SSSR count). The molecular formula is C12H13F2N3O2. The Morgan fingerprint density at radius 1 is 1.58 bits per heavy atom. The zero-order chi connectivity index (χ0) is 14.4. The average Bonchev–Trinajstić information content (AvgIpc) is 2.35. The fourth-order valence-electron chi connectivity index (χ4n) is 1.29. The van der Waals surface area contributed by atoms with Crippen molar-refractivity contribution in [1.82, 2.24) is 10.4 Å². The molecule has 7 heteroatoms. The molecule has 0 radical (unpaired) electrons. The number of rotatable bonds is 5. The van der Waals surface area contributed by atoms with Gasteiger partial charge in [-0.1, -0.05) is 6.07 Å². The minimum Gasteiger partial charge on any atom is -0.434 e. The van der Waals surface area contributed by atoms with Crippen molar-refractivity contribution in [2.75, 3.05) is 7.05 Å². The number of ether oxygens (including phenoxy) is 1. The Labute approximate surface area is 109 Å². The van der Waals surface area contributed by atoms with Crippen molar-refractivity contribution >= 4 is 5.91 Å². The van der Waals surface area contributed by atoms with Crippen LogP contribution in [0.25, 0.3) is 0 Å². The molecule has 0 atom stereocenters. The van der Waals surface area contributed by atoms with Gasteiger partial charge in [-0.3, -0.25) is 9.80 Å². The number of nitrogens with one attached hydrogen (secondary N) is 1. The zero-order valence-corrected chi connectivity index (χ0v) is 10.5. The second-order valence-electron chi connectivity index (χ2n) is 3.73. The molecule has 0 aliphatic carbocycles. The predicted octanol–water partition coefficient (Wildman–Crippen LogP) is 1.64. The van der Waals surface area contributed by atoms with Crippen molar-refractivity contribution in [3.63, 3.8) is 0 Å². The van der Waals surface area contributed by atoms with Crippen molar-refractivity contribution in [1.29, 1.82) is 5.26 Å². The minimum absolute atomic E-state index is 0.0847. The summed E-state index contributed by atoms with van der Waals surface area (Å²) in [7, 11) is 1.51. The molecule has 1 N–H and O–H groups in total. The highest BCUT2D eigenvalue weighted by Gasteiger charge is 2.11. The highest BCUT2D eigenvalue weighted by atomic mass is 19.3. The Hall–Kier alpha value is -2.20. The maximum Gasteiger partial charge on any atom is 0.387 e. The fourth-order valence-corrected chi connectivity index (χ4v) is 1.29. The topological polar surface area (TPSA) is 65.4 Å². The first kappa shape index (κ1) is 14.9. The van der Waals surface area contributed by atoms with Gasteiger partial charge in [0.2, 0.25) is 5.91 Å². The first-order chi connectivity index (χ1) is 8.93. The van der Waals surface area contributed by atoms with E-state index in [4.69, 9.17) is 5.26 Å². The normalized spacial score (nSPS) is 10.1. The van der Waals surface area contributed by atoms with E-state index in [-0.39, 0.29) is 23.8 Å². The van der Waals surface area contributed by atoms with E-state index >= 15 is 0 Å². The molecule has 1 amide bonds. The highest BCUT2D eigenvalue weighted by molar-refractivity contribution is 5.72. The van der Waals surface area contributed by atoms with Crippen molar-refractivity contribution < 1.29 is 18.3 Å². The molecule has 19 heavy (non-hydrogen) atoms. The molecule has 1 aromatic rings. The molecule has 0 unspecified atom stereocenters. The summed E-state index contributed by atoms with van der Waals surface area (Å²) >= 11 is 0. The second-order valence-corrected chi connectivity index (χ2v) is 3.73. The van der Waals surface area contributed by atoms with Gasteiger partial charge >= 0.3 is 6.61 Å². The quantitative estimate of drug-likeness (QED) is 0.825. The van der Waals surface area contributed by atoms with Gasteiger partial charge < -0.3 is 4.74 Å². The number of carbonyl (C=O) groups excluding carboxylic acids is 1. The van der Waals surface area contributed by atoms with E-state index in [1.54, 1.807) is 0 Å². The Balaban J connectivity index is 2.87. The van der Waals surface area contributed by atoms with Crippen LogP contribution in [0.15, 0.2) is 18.2 Å². The smallest absolute Gasteiger partial charge is 0.387 e. The summed E-state index contributed by atoms with van der Waals surface area (Å²) in [6, 6.07) is 6.06. The first-order valence-corrected chi connectivity index (χ1v) is 5.39. The Bertz CT molecular complexity index is 500. The number of nitrogens with zero attached hydrogens (tertiary/aromatic N) is 2. The third kappa shape index (κ3) is 4.52. The van der Waals surface area contributed by atoms with E-state index in [0.29, 0.717) is 5.56 Å². The predicted molar refractivity (Wildman–Crippen MR) is 63.1 cm³/mol. The Morgan fingerprint density at radius 2 is 2.26 bits per heavy atom. The minimum atomic E-state index is -2.97. The molecular weight excluding hydrogens is 256 g/mol. The van der Waals surface area contributed by atoms with E-state index in [0.717, 1.165) is 0 Å². The summed E-state index contributed by atoms with van der Waals surface area (Å²) in [5.41, 5.74) is 3.37. The molecule has 0 aliphatic heterocycles. The van der Waals surface area contributed by atoms with Gasteiger partial charge in [-0.25, -0.2) is 5.43 Å². The molecule has 0 saturated carbocycles. The number of alkyl halides is 2. The number of amides is 1. The maximum absolute atomic E-state index is 12.3. The third-order valence-electron chi connectivity index (χ3n) is 2.39. The lowest BCUT2D eigenvalue weighted by molar-refractivity contribution is -0.130. The molecule has 0 aliphatic rings. The van der Waals surface area contributed by atoms with Gasteiger partial charge in [-0.2, -0.15) is 14.0 Å². The summed E-state index contributed by atoms with van der Waals surface area (Å²) in [4.78, 5) is 11.0. The van der Waals surface area contributed by atoms with Crippen molar-refractivity contribution in [3.8, 4) is 11.8 Å². The standard InChI is InChI=1S/C12H13F2N3O2/c1-8(18)17(2)16-7-10-4-3-9(6-15)5-11(10)19-12(13)14/h3-5,12,16H,7H2,1-2H3. The summed E-state index contributed by atoms with van der Waals surface area (Å²) in [5, 5.41) is 9.94. The van der Waals surface area contributed by atoms with Gasteiger partial charge in [0.15, 0.2) is 0 Å². The first-order valence-electron chi connectivity index (χ1n) is 5.39. The van der Waals surface area contributed by atoms with Crippen LogP contribution in [0, 0.1) is 11.3 Å². The van der Waals surface area contributed by atoms with Crippen LogP contribution in [-0.4, -0.2) is 24.6 Å². The SMILES string of the molecule is CC(=O)N(C)NCc1ccc(C#N)cc1OC(F)F. The van der Waals surface area contributed by atoms with Crippen LogP contribution in [0.2, 0.25) is 0 Å². The molecule has 0 saturated heterocycles. The summed E-state index contributed by atoms with van der Waals surface area (Å²) in [6.07, 6.45) is 0. The fraction of sp³-hybridized carbons (Fsp3) is 0.333. The number of hydrazine groups is 1. The van der Waals surface area contributed by atoms with Crippen LogP contribution in [0.5, 0.6) is 5.75 Å². The van der Waals surface area contributed by atoms with E-state index < -0.39 is 6.61 Å². The van der Waals surface area contributed by atoms with E-state index in [9.17, 15) is 13.6 Å². The van der Waals surface area contributed by atoms with Crippen LogP contribution in [0.4, 0.5) is 8.78 Å². The number of hydrogen-bond donors (Lipinski definition) is 1. The number of halogens is 2. The highest BCUT2D eigenvalue weighted by Crippen LogP contribution is 2.22. The number of hydrogen-bond acceptors (Lipinski definition) is 4. The number of nitriles is 1. The number of benzene rings is 1. The summed E-state index contributed by atoms with van der Waals surface area (Å²) in [6.45, 7) is -1.48. The van der Waals surface area contributed by atoms with Gasteiger partial charge in [0, 0.05) is 26.1 Å². The van der Waals surface area contributed by atoms with Crippen LogP contribution < -0.4 is 10.2 Å². The maximum atomic E-state index is 12.3. The molecule has 5 nitrogen and oxygen atoms in total. The van der Waals surface area contributed by atoms with Crippen LogP contribution in [-0.2, 0) is 11.3 Å². The van der Waals surface area contributed by atoms with Crippen LogP contribution in [0.3, 0.4) is 0 Å². The van der Waals surface area contributed by atoms with Crippen LogP contribution >= 0.6 is 0 Å². The lowest BCUT2D eigenvalue weighted by Gasteiger charge is -2.18. The lowest BCUT2D eigenvalue weighted by atomic mass is 10.1. The van der Waals surface area contributed by atoms with Crippen molar-refractivity contribution in [2.45, 2.75) is 20.1 Å². The van der Waals surface area contributed by atoms with Gasteiger partial charge in [-0.05, 0) is 12.1 Å². The van der Waals surface area contributed by atoms with Crippen molar-refractivity contribution in [2.24, 2.45) is 0 Å². The summed E-state index contributed by atoms with van der Waals surface area (Å²) in [5.74, 6) is -0.302. The van der Waals surface area contributed by atoms with Crippen LogP contribution in [0.1, 0.15) is 18.1 Å². The largest absolute Gasteiger partial charge is 0.434 e. The van der Waals surface area contributed by atoms with Crippen molar-refractivity contribution in [3.05, 3.63) is 29.3 Å². The van der Waals surface area contributed by atoms with E-state index in [1.165, 1.54) is 37.2 Å². The average molecular weight is 269 g/mol. The van der Waals surface area contributed by atoms with Gasteiger partial charge in [0.05, 0.1) is 11.6 Å². The molecule has 0 spiro atoms. The van der Waals surface area contributed by atoms with Gasteiger partial charge in [0.1, 0.15) is 5.75 Å². The van der Waals surface area contributed by atoms with Gasteiger partial charge in [-0.15, -0.1) is 0 Å². The molecule has 1 aromatic carbocycles. The summed E-state index contributed by atoms with van der Waals surface area (Å²) < 4.78 is 28.9. The molecule has 102 valence electrons. The lowest BCUT2D eigenvalue weighted by Crippen LogP contribution is -2.37. The Kier molecular flexibility index (Phi) is 5.21. The Morgan fingerprint density at radius 3 is 2.79 bits per heavy atom. The van der Waals surface area contributed by atoms with Gasteiger partial charge in [0.25, 0.3) is 0 Å². The monoisotopic (exact) mass is 269 g/mol.